The van der Waals surface area contributed by atoms with E-state index in [0.29, 0.717) is 30.0 Å². The molecule has 0 radical (unpaired) electrons. The number of aromatic amines is 1. The number of methoxy groups -OCH3 is 2. The molecular weight excluding hydrogens is 469 g/mol. The second-order valence-corrected chi connectivity index (χ2v) is 8.24. The summed E-state index contributed by atoms with van der Waals surface area (Å²) in [6, 6.07) is 6.75. The largest absolute Gasteiger partial charge is 0.493 e. The Balaban J connectivity index is 1.34. The van der Waals surface area contributed by atoms with E-state index in [-0.39, 0.29) is 23.7 Å². The van der Waals surface area contributed by atoms with Crippen LogP contribution in [0.3, 0.4) is 0 Å². The predicted molar refractivity (Wildman–Crippen MR) is 132 cm³/mol. The molecule has 36 heavy (non-hydrogen) atoms. The van der Waals surface area contributed by atoms with Crippen LogP contribution in [0.2, 0.25) is 0 Å². The van der Waals surface area contributed by atoms with Gasteiger partial charge in [-0.1, -0.05) is 0 Å². The fourth-order valence-electron chi connectivity index (χ4n) is 3.94. The van der Waals surface area contributed by atoms with Crippen molar-refractivity contribution in [2.24, 2.45) is 0 Å². The lowest BCUT2D eigenvalue weighted by Gasteiger charge is -2.15. The van der Waals surface area contributed by atoms with E-state index >= 15 is 0 Å². The van der Waals surface area contributed by atoms with Crippen molar-refractivity contribution in [3.8, 4) is 11.5 Å². The molecule has 3 N–H and O–H groups in total. The zero-order chi connectivity index (χ0) is 25.8. The van der Waals surface area contributed by atoms with Gasteiger partial charge in [0.05, 0.1) is 31.4 Å². The number of ether oxygens (including phenoxy) is 2. The predicted octanol–water partition coefficient (Wildman–Crippen LogP) is 1.90. The molecular formula is C25H26FN5O5. The molecule has 0 aliphatic rings. The monoisotopic (exact) mass is 495 g/mol. The van der Waals surface area contributed by atoms with Crippen molar-refractivity contribution in [2.75, 3.05) is 20.8 Å². The standard InChI is InChI=1S/C25H26FN5O5/c1-14(24(33)27-7-6-15-11-28-19-5-4-16(26)8-17(15)19)30-23(32)12-31-13-29-20-10-22(36-3)21(35-2)9-18(20)25(31)34/h4-5,8-11,13-14,28H,6-7,12H2,1-3H3,(H,27,33)(H,30,32)/t14-/m0/s1. The maximum atomic E-state index is 13.5. The molecule has 0 bridgehead atoms. The molecule has 0 aliphatic carbocycles. The normalized spacial score (nSPS) is 11.9. The number of aromatic nitrogens is 3. The molecule has 11 heteroatoms. The van der Waals surface area contributed by atoms with Gasteiger partial charge in [0.15, 0.2) is 11.5 Å². The Morgan fingerprint density at radius 1 is 1.14 bits per heavy atom. The van der Waals surface area contributed by atoms with Crippen LogP contribution >= 0.6 is 0 Å². The van der Waals surface area contributed by atoms with Gasteiger partial charge in [-0.2, -0.15) is 0 Å². The summed E-state index contributed by atoms with van der Waals surface area (Å²) in [5, 5.41) is 6.38. The minimum atomic E-state index is -0.827. The summed E-state index contributed by atoms with van der Waals surface area (Å²) in [5.41, 5.74) is 1.66. The van der Waals surface area contributed by atoms with Crippen LogP contribution in [0.1, 0.15) is 12.5 Å². The molecule has 188 valence electrons. The molecule has 0 saturated carbocycles. The van der Waals surface area contributed by atoms with Crippen molar-refractivity contribution in [3.63, 3.8) is 0 Å². The van der Waals surface area contributed by atoms with Crippen LogP contribution in [-0.4, -0.2) is 53.2 Å². The summed E-state index contributed by atoms with van der Waals surface area (Å²) in [4.78, 5) is 45.1. The molecule has 2 aromatic heterocycles. The van der Waals surface area contributed by atoms with E-state index in [4.69, 9.17) is 9.47 Å². The quantitative estimate of drug-likeness (QED) is 0.326. The molecule has 0 spiro atoms. The number of carbonyl (C=O) groups excluding carboxylic acids is 2. The Morgan fingerprint density at radius 3 is 2.64 bits per heavy atom. The smallest absolute Gasteiger partial charge is 0.261 e. The summed E-state index contributed by atoms with van der Waals surface area (Å²) < 4.78 is 25.2. The third-order valence-electron chi connectivity index (χ3n) is 5.84. The Bertz CT molecular complexity index is 1500. The van der Waals surface area contributed by atoms with E-state index in [9.17, 15) is 18.8 Å². The first-order chi connectivity index (χ1) is 17.3. The van der Waals surface area contributed by atoms with Gasteiger partial charge in [-0.25, -0.2) is 9.37 Å². The third-order valence-corrected chi connectivity index (χ3v) is 5.84. The lowest BCUT2D eigenvalue weighted by molar-refractivity contribution is -0.128. The molecule has 0 saturated heterocycles. The number of H-pyrrole nitrogens is 1. The van der Waals surface area contributed by atoms with Gasteiger partial charge in [-0.05, 0) is 43.2 Å². The number of nitrogens with zero attached hydrogens (tertiary/aromatic N) is 2. The van der Waals surface area contributed by atoms with Crippen molar-refractivity contribution >= 4 is 33.6 Å². The summed E-state index contributed by atoms with van der Waals surface area (Å²) in [5.74, 6) is -0.426. The topological polar surface area (TPSA) is 127 Å². The van der Waals surface area contributed by atoms with Crippen molar-refractivity contribution in [1.29, 1.82) is 0 Å². The number of benzene rings is 2. The highest BCUT2D eigenvalue weighted by molar-refractivity contribution is 5.88. The van der Waals surface area contributed by atoms with Gasteiger partial charge in [-0.15, -0.1) is 0 Å². The Kier molecular flexibility index (Phi) is 7.18. The lowest BCUT2D eigenvalue weighted by Crippen LogP contribution is -2.46. The minimum Gasteiger partial charge on any atom is -0.493 e. The van der Waals surface area contributed by atoms with E-state index in [1.807, 2.05) is 0 Å². The van der Waals surface area contributed by atoms with E-state index in [1.54, 1.807) is 25.3 Å². The molecule has 0 unspecified atom stereocenters. The average molecular weight is 496 g/mol. The van der Waals surface area contributed by atoms with Crippen LogP contribution < -0.4 is 25.7 Å². The molecule has 1 atom stereocenters. The van der Waals surface area contributed by atoms with Crippen LogP contribution in [-0.2, 0) is 22.6 Å². The zero-order valence-corrected chi connectivity index (χ0v) is 20.1. The average Bonchev–Trinajstić information content (AvgIpc) is 3.26. The second kappa shape index (κ2) is 10.5. The van der Waals surface area contributed by atoms with Crippen LogP contribution in [0.5, 0.6) is 11.5 Å². The van der Waals surface area contributed by atoms with Crippen molar-refractivity contribution < 1.29 is 23.5 Å². The molecule has 0 aliphatic heterocycles. The molecule has 2 aromatic carbocycles. The second-order valence-electron chi connectivity index (χ2n) is 8.24. The van der Waals surface area contributed by atoms with E-state index < -0.39 is 17.5 Å². The highest BCUT2D eigenvalue weighted by atomic mass is 19.1. The Labute approximate surface area is 205 Å². The van der Waals surface area contributed by atoms with Gasteiger partial charge in [0, 0.05) is 29.7 Å². The number of nitrogens with one attached hydrogen (secondary N) is 3. The Morgan fingerprint density at radius 2 is 1.89 bits per heavy atom. The minimum absolute atomic E-state index is 0.269. The first-order valence-electron chi connectivity index (χ1n) is 11.2. The van der Waals surface area contributed by atoms with Gasteiger partial charge >= 0.3 is 0 Å². The molecule has 2 amide bonds. The van der Waals surface area contributed by atoms with Crippen molar-refractivity contribution in [3.05, 3.63) is 64.6 Å². The van der Waals surface area contributed by atoms with Crippen LogP contribution in [0.4, 0.5) is 4.39 Å². The summed E-state index contributed by atoms with van der Waals surface area (Å²) in [6.07, 6.45) is 3.54. The third kappa shape index (κ3) is 5.14. The number of rotatable bonds is 9. The number of hydrogen-bond acceptors (Lipinski definition) is 6. The molecule has 10 nitrogen and oxygen atoms in total. The van der Waals surface area contributed by atoms with Gasteiger partial charge in [-0.3, -0.25) is 19.0 Å². The molecule has 4 aromatic rings. The fourth-order valence-corrected chi connectivity index (χ4v) is 3.94. The number of halogens is 1. The maximum absolute atomic E-state index is 13.5. The number of carbonyl (C=O) groups is 2. The summed E-state index contributed by atoms with van der Waals surface area (Å²) >= 11 is 0. The first-order valence-corrected chi connectivity index (χ1v) is 11.2. The SMILES string of the molecule is COc1cc2ncn(CC(=O)N[C@@H](C)C(=O)NCCc3c[nH]c4ccc(F)cc34)c(=O)c2cc1OC. The van der Waals surface area contributed by atoms with Crippen LogP contribution in [0.15, 0.2) is 47.7 Å². The zero-order valence-electron chi connectivity index (χ0n) is 20.1. The highest BCUT2D eigenvalue weighted by Gasteiger charge is 2.17. The fraction of sp³-hybridized carbons (Fsp3) is 0.280. The van der Waals surface area contributed by atoms with E-state index in [0.717, 1.165) is 21.0 Å². The summed E-state index contributed by atoms with van der Waals surface area (Å²) in [6.45, 7) is 1.54. The maximum Gasteiger partial charge on any atom is 0.261 e. The number of fused-ring (bicyclic) bond motifs is 2. The van der Waals surface area contributed by atoms with E-state index in [1.165, 1.54) is 38.7 Å². The Hall–Kier alpha value is -4.41. The highest BCUT2D eigenvalue weighted by Crippen LogP contribution is 2.29. The molecule has 4 rings (SSSR count). The van der Waals surface area contributed by atoms with E-state index in [2.05, 4.69) is 20.6 Å². The van der Waals surface area contributed by atoms with Gasteiger partial charge in [0.1, 0.15) is 18.4 Å². The lowest BCUT2D eigenvalue weighted by atomic mass is 10.1. The van der Waals surface area contributed by atoms with Gasteiger partial charge in [0.25, 0.3) is 5.56 Å². The van der Waals surface area contributed by atoms with Gasteiger partial charge in [0.2, 0.25) is 11.8 Å². The van der Waals surface area contributed by atoms with Crippen molar-refractivity contribution in [2.45, 2.75) is 25.9 Å². The molecule has 0 fully saturated rings. The molecule has 2 heterocycles. The van der Waals surface area contributed by atoms with Crippen LogP contribution in [0, 0.1) is 5.82 Å². The number of hydrogen-bond donors (Lipinski definition) is 3. The first kappa shape index (κ1) is 24.7. The van der Waals surface area contributed by atoms with Crippen LogP contribution in [0.25, 0.3) is 21.8 Å². The van der Waals surface area contributed by atoms with Gasteiger partial charge < -0.3 is 25.1 Å². The summed E-state index contributed by atoms with van der Waals surface area (Å²) in [7, 11) is 2.94. The number of amides is 2. The van der Waals surface area contributed by atoms with Crippen molar-refractivity contribution in [1.82, 2.24) is 25.2 Å².